The number of amides is 1. The van der Waals surface area contributed by atoms with Gasteiger partial charge in [-0.15, -0.1) is 0 Å². The molecule has 0 aliphatic rings. The van der Waals surface area contributed by atoms with E-state index in [9.17, 15) is 14.0 Å². The van der Waals surface area contributed by atoms with Crippen LogP contribution in [0.4, 0.5) is 10.1 Å². The van der Waals surface area contributed by atoms with Gasteiger partial charge in [-0.25, -0.2) is 9.07 Å². The molecule has 3 rings (SSSR count). The standard InChI is InChI=1S/C20H18FN3O2/c1-13-4-3-5-17(12-13)22-20(26)14(2)24-19(25)11-10-18(23-24)15-6-8-16(21)9-7-15/h3-12,14H,1-2H3,(H,22,26). The first kappa shape index (κ1) is 17.5. The van der Waals surface area contributed by atoms with Crippen molar-refractivity contribution in [3.63, 3.8) is 0 Å². The van der Waals surface area contributed by atoms with Crippen molar-refractivity contribution in [3.8, 4) is 11.3 Å². The Morgan fingerprint density at radius 3 is 2.54 bits per heavy atom. The number of carbonyl (C=O) groups excluding carboxylic acids is 1. The second kappa shape index (κ2) is 7.31. The molecular formula is C20H18FN3O2. The fraction of sp³-hybridized carbons (Fsp3) is 0.150. The molecule has 0 spiro atoms. The summed E-state index contributed by atoms with van der Waals surface area (Å²) in [6, 6.07) is 15.3. The molecule has 0 bridgehead atoms. The summed E-state index contributed by atoms with van der Waals surface area (Å²) in [7, 11) is 0. The molecule has 1 atom stereocenters. The maximum absolute atomic E-state index is 13.1. The summed E-state index contributed by atoms with van der Waals surface area (Å²) in [5, 5.41) is 7.06. The van der Waals surface area contributed by atoms with Crippen LogP contribution in [-0.4, -0.2) is 15.7 Å². The van der Waals surface area contributed by atoms with Crippen LogP contribution >= 0.6 is 0 Å². The molecule has 6 heteroatoms. The van der Waals surface area contributed by atoms with E-state index < -0.39 is 6.04 Å². The summed E-state index contributed by atoms with van der Waals surface area (Å²) in [4.78, 5) is 24.7. The van der Waals surface area contributed by atoms with Gasteiger partial charge in [0.15, 0.2) is 0 Å². The van der Waals surface area contributed by atoms with Crippen molar-refractivity contribution >= 4 is 11.6 Å². The first-order chi connectivity index (χ1) is 12.4. The van der Waals surface area contributed by atoms with Gasteiger partial charge in [0.25, 0.3) is 5.56 Å². The van der Waals surface area contributed by atoms with Crippen molar-refractivity contribution in [2.24, 2.45) is 0 Å². The van der Waals surface area contributed by atoms with Crippen LogP contribution in [0.5, 0.6) is 0 Å². The minimum absolute atomic E-state index is 0.346. The normalized spacial score (nSPS) is 11.8. The summed E-state index contributed by atoms with van der Waals surface area (Å²) in [6.07, 6.45) is 0. The number of nitrogens with one attached hydrogen (secondary N) is 1. The smallest absolute Gasteiger partial charge is 0.267 e. The summed E-state index contributed by atoms with van der Waals surface area (Å²) >= 11 is 0. The Kier molecular flexibility index (Phi) is 4.93. The molecule has 26 heavy (non-hydrogen) atoms. The molecule has 1 N–H and O–H groups in total. The van der Waals surface area contributed by atoms with E-state index in [0.29, 0.717) is 16.9 Å². The molecule has 132 valence electrons. The number of rotatable bonds is 4. The Balaban J connectivity index is 1.87. The van der Waals surface area contributed by atoms with Crippen molar-refractivity contribution in [2.45, 2.75) is 19.9 Å². The second-order valence-corrected chi connectivity index (χ2v) is 6.04. The minimum Gasteiger partial charge on any atom is -0.324 e. The summed E-state index contributed by atoms with van der Waals surface area (Å²) in [5.74, 6) is -0.700. The molecule has 2 aromatic carbocycles. The molecule has 5 nitrogen and oxygen atoms in total. The van der Waals surface area contributed by atoms with Gasteiger partial charge in [-0.2, -0.15) is 5.10 Å². The molecule has 0 aliphatic carbocycles. The molecule has 0 saturated heterocycles. The number of hydrogen-bond acceptors (Lipinski definition) is 3. The van der Waals surface area contributed by atoms with Crippen LogP contribution in [0.3, 0.4) is 0 Å². The number of aryl methyl sites for hydroxylation is 1. The average molecular weight is 351 g/mol. The van der Waals surface area contributed by atoms with Gasteiger partial charge in [0.1, 0.15) is 11.9 Å². The molecule has 0 saturated carbocycles. The van der Waals surface area contributed by atoms with Gasteiger partial charge >= 0.3 is 0 Å². The number of halogens is 1. The largest absolute Gasteiger partial charge is 0.324 e. The lowest BCUT2D eigenvalue weighted by molar-refractivity contribution is -0.119. The highest BCUT2D eigenvalue weighted by atomic mass is 19.1. The summed E-state index contributed by atoms with van der Waals surface area (Å²) < 4.78 is 14.2. The number of aromatic nitrogens is 2. The van der Waals surface area contributed by atoms with E-state index in [4.69, 9.17) is 0 Å². The molecule has 0 radical (unpaired) electrons. The van der Waals surface area contributed by atoms with Crippen molar-refractivity contribution in [3.05, 3.63) is 82.4 Å². The lowest BCUT2D eigenvalue weighted by atomic mass is 10.1. The van der Waals surface area contributed by atoms with Crippen molar-refractivity contribution in [1.29, 1.82) is 0 Å². The molecule has 1 amide bonds. The third kappa shape index (κ3) is 3.85. The highest BCUT2D eigenvalue weighted by Gasteiger charge is 2.18. The number of carbonyl (C=O) groups is 1. The maximum atomic E-state index is 13.1. The van der Waals surface area contributed by atoms with Crippen LogP contribution < -0.4 is 10.9 Å². The zero-order valence-electron chi connectivity index (χ0n) is 14.4. The Bertz CT molecular complexity index is 996. The van der Waals surface area contributed by atoms with Crippen molar-refractivity contribution in [2.75, 3.05) is 5.32 Å². The molecule has 0 aliphatic heterocycles. The fourth-order valence-corrected chi connectivity index (χ4v) is 2.56. The predicted molar refractivity (Wildman–Crippen MR) is 98.4 cm³/mol. The van der Waals surface area contributed by atoms with Gasteiger partial charge in [0.2, 0.25) is 5.91 Å². The SMILES string of the molecule is Cc1cccc(NC(=O)C(C)n2nc(-c3ccc(F)cc3)ccc2=O)c1. The van der Waals surface area contributed by atoms with E-state index in [0.717, 1.165) is 10.2 Å². The highest BCUT2D eigenvalue weighted by molar-refractivity contribution is 5.93. The Morgan fingerprint density at radius 2 is 1.85 bits per heavy atom. The second-order valence-electron chi connectivity index (χ2n) is 6.04. The van der Waals surface area contributed by atoms with Crippen LogP contribution in [0.25, 0.3) is 11.3 Å². The lowest BCUT2D eigenvalue weighted by Gasteiger charge is -2.15. The minimum atomic E-state index is -0.802. The van der Waals surface area contributed by atoms with Crippen molar-refractivity contribution < 1.29 is 9.18 Å². The third-order valence-corrected chi connectivity index (χ3v) is 4.00. The Labute approximate surface area is 150 Å². The number of nitrogens with zero attached hydrogens (tertiary/aromatic N) is 2. The van der Waals surface area contributed by atoms with Crippen LogP contribution in [0.2, 0.25) is 0 Å². The maximum Gasteiger partial charge on any atom is 0.267 e. The van der Waals surface area contributed by atoms with Gasteiger partial charge in [0.05, 0.1) is 5.69 Å². The van der Waals surface area contributed by atoms with Gasteiger partial charge < -0.3 is 5.32 Å². The summed E-state index contributed by atoms with van der Waals surface area (Å²) in [6.45, 7) is 3.53. The van der Waals surface area contributed by atoms with E-state index in [1.807, 2.05) is 25.1 Å². The van der Waals surface area contributed by atoms with Gasteiger partial charge in [-0.3, -0.25) is 9.59 Å². The number of hydrogen-bond donors (Lipinski definition) is 1. The van der Waals surface area contributed by atoms with Crippen molar-refractivity contribution in [1.82, 2.24) is 9.78 Å². The Hall–Kier alpha value is -3.28. The lowest BCUT2D eigenvalue weighted by Crippen LogP contribution is -2.33. The molecular weight excluding hydrogens is 333 g/mol. The molecule has 1 unspecified atom stereocenters. The van der Waals surface area contributed by atoms with Gasteiger partial charge in [-0.05, 0) is 61.9 Å². The van der Waals surface area contributed by atoms with E-state index in [1.165, 1.54) is 18.2 Å². The van der Waals surface area contributed by atoms with Gasteiger partial charge in [-0.1, -0.05) is 12.1 Å². The summed E-state index contributed by atoms with van der Waals surface area (Å²) in [5.41, 5.74) is 2.43. The van der Waals surface area contributed by atoms with E-state index >= 15 is 0 Å². The number of benzene rings is 2. The van der Waals surface area contributed by atoms with E-state index in [2.05, 4.69) is 10.4 Å². The zero-order valence-corrected chi connectivity index (χ0v) is 14.4. The van der Waals surface area contributed by atoms with E-state index in [-0.39, 0.29) is 17.3 Å². The number of anilines is 1. The first-order valence-corrected chi connectivity index (χ1v) is 8.17. The van der Waals surface area contributed by atoms with E-state index in [1.54, 1.807) is 31.2 Å². The van der Waals surface area contributed by atoms with Crippen LogP contribution in [0.15, 0.2) is 65.5 Å². The zero-order chi connectivity index (χ0) is 18.7. The van der Waals surface area contributed by atoms with Crippen LogP contribution in [0.1, 0.15) is 18.5 Å². The third-order valence-electron chi connectivity index (χ3n) is 4.00. The first-order valence-electron chi connectivity index (χ1n) is 8.17. The fourth-order valence-electron chi connectivity index (χ4n) is 2.56. The predicted octanol–water partition coefficient (Wildman–Crippen LogP) is 3.56. The molecule has 1 aromatic heterocycles. The molecule has 3 aromatic rings. The quantitative estimate of drug-likeness (QED) is 0.782. The Morgan fingerprint density at radius 1 is 1.12 bits per heavy atom. The van der Waals surface area contributed by atoms with Crippen LogP contribution in [-0.2, 0) is 4.79 Å². The average Bonchev–Trinajstić information content (AvgIpc) is 2.62. The monoisotopic (exact) mass is 351 g/mol. The van der Waals surface area contributed by atoms with Gasteiger partial charge in [0, 0.05) is 17.3 Å². The van der Waals surface area contributed by atoms with Crippen LogP contribution in [0, 0.1) is 12.7 Å². The highest BCUT2D eigenvalue weighted by Crippen LogP contribution is 2.17. The molecule has 1 heterocycles. The topological polar surface area (TPSA) is 64.0 Å². The molecule has 0 fully saturated rings.